The van der Waals surface area contributed by atoms with E-state index in [9.17, 15) is 40.6 Å². The zero-order valence-corrected chi connectivity index (χ0v) is 20.3. The zero-order valence-electron chi connectivity index (χ0n) is 19.5. The molecule has 38 heavy (non-hydrogen) atoms. The van der Waals surface area contributed by atoms with Gasteiger partial charge in [-0.1, -0.05) is 12.1 Å². The summed E-state index contributed by atoms with van der Waals surface area (Å²) in [6, 6.07) is 7.38. The molecule has 2 saturated heterocycles. The molecule has 2 fully saturated rings. The Kier molecular flexibility index (Phi) is 7.36. The molecule has 0 saturated carbocycles. The molecule has 2 amide bonds. The van der Waals surface area contributed by atoms with E-state index in [0.717, 1.165) is 24.4 Å². The van der Waals surface area contributed by atoms with Gasteiger partial charge >= 0.3 is 6.18 Å². The summed E-state index contributed by atoms with van der Waals surface area (Å²) in [4.78, 5) is 29.8. The van der Waals surface area contributed by atoms with Crippen LogP contribution < -0.4 is 5.32 Å². The highest BCUT2D eigenvalue weighted by atomic mass is 32.3. The van der Waals surface area contributed by atoms with Crippen LogP contribution in [0.1, 0.15) is 28.0 Å². The van der Waals surface area contributed by atoms with Gasteiger partial charge in [-0.25, -0.2) is 8.78 Å². The van der Waals surface area contributed by atoms with Crippen LogP contribution in [0.15, 0.2) is 47.5 Å². The molecular weight excluding hydrogens is 537 g/mol. The fourth-order valence-corrected chi connectivity index (χ4v) is 5.73. The molecule has 0 spiro atoms. The van der Waals surface area contributed by atoms with Crippen molar-refractivity contribution in [3.63, 3.8) is 0 Å². The number of hydrogen-bond acceptors (Lipinski definition) is 7. The number of carbonyl (C=O) groups is 2. The molecule has 15 heteroatoms. The Morgan fingerprint density at radius 3 is 2.53 bits per heavy atom. The number of rotatable bonds is 6. The highest BCUT2D eigenvalue weighted by Crippen LogP contribution is 2.54. The van der Waals surface area contributed by atoms with Crippen molar-refractivity contribution in [2.24, 2.45) is 5.92 Å². The Bertz CT molecular complexity index is 1260. The number of halogens is 5. The highest BCUT2D eigenvalue weighted by Gasteiger charge is 2.50. The molecule has 0 radical (unpaired) electrons. The fourth-order valence-electron chi connectivity index (χ4n) is 4.11. The minimum Gasteiger partial charge on any atom is -0.350 e. The van der Waals surface area contributed by atoms with Gasteiger partial charge < -0.3 is 10.2 Å². The quantitative estimate of drug-likeness (QED) is 0.460. The molecule has 0 unspecified atom stereocenters. The number of benzene rings is 1. The highest BCUT2D eigenvalue weighted by molar-refractivity contribution is 8.22. The molecule has 3 N–H and O–H groups in total. The Hall–Kier alpha value is -3.32. The van der Waals surface area contributed by atoms with Crippen molar-refractivity contribution in [1.29, 1.82) is 5.26 Å². The number of nitrogens with one attached hydrogen (secondary N) is 1. The van der Waals surface area contributed by atoms with Gasteiger partial charge in [-0.05, 0) is 29.8 Å². The summed E-state index contributed by atoms with van der Waals surface area (Å²) in [5.41, 5.74) is -1.09. The van der Waals surface area contributed by atoms with E-state index >= 15 is 0 Å². The molecule has 3 heterocycles. The second-order valence-electron chi connectivity index (χ2n) is 9.00. The van der Waals surface area contributed by atoms with E-state index in [1.807, 2.05) is 6.07 Å². The van der Waals surface area contributed by atoms with E-state index in [1.165, 1.54) is 22.5 Å². The lowest BCUT2D eigenvalue weighted by atomic mass is 10.1. The number of nitrogens with zero attached hydrogens (tertiary/aromatic N) is 4. The first kappa shape index (κ1) is 27.7. The van der Waals surface area contributed by atoms with Crippen LogP contribution in [0.4, 0.5) is 22.0 Å². The van der Waals surface area contributed by atoms with Crippen molar-refractivity contribution in [2.45, 2.75) is 36.0 Å². The molecule has 0 bridgehead atoms. The number of likely N-dealkylation sites (tertiary alicyclic amines) is 1. The summed E-state index contributed by atoms with van der Waals surface area (Å²) in [7, 11) is -3.52. The van der Waals surface area contributed by atoms with Gasteiger partial charge in [0.25, 0.3) is 11.8 Å². The Morgan fingerprint density at radius 1 is 1.21 bits per heavy atom. The molecule has 2 aliphatic rings. The summed E-state index contributed by atoms with van der Waals surface area (Å²) < 4.78 is 89.2. The number of hydrogen-bond donors (Lipinski definition) is 3. The Balaban J connectivity index is 1.47. The number of amides is 2. The van der Waals surface area contributed by atoms with Crippen LogP contribution in [0, 0.1) is 17.2 Å². The third kappa shape index (κ3) is 5.73. The molecule has 2 aliphatic heterocycles. The van der Waals surface area contributed by atoms with Crippen LogP contribution in [0.3, 0.4) is 0 Å². The molecule has 1 aromatic heterocycles. The first-order chi connectivity index (χ1) is 17.7. The van der Waals surface area contributed by atoms with Gasteiger partial charge in [-0.3, -0.25) is 23.7 Å². The van der Waals surface area contributed by atoms with E-state index < -0.39 is 59.4 Å². The van der Waals surface area contributed by atoms with E-state index in [-0.39, 0.29) is 41.6 Å². The molecular formula is C23H22F5N5O4S. The average molecular weight is 560 g/mol. The second kappa shape index (κ2) is 10.1. The lowest BCUT2D eigenvalue weighted by Gasteiger charge is -2.49. The van der Waals surface area contributed by atoms with Crippen molar-refractivity contribution in [3.05, 3.63) is 59.4 Å². The number of alkyl halides is 5. The Labute approximate surface area is 215 Å². The van der Waals surface area contributed by atoms with Crippen LogP contribution in [-0.2, 0) is 17.5 Å². The van der Waals surface area contributed by atoms with Gasteiger partial charge in [0.15, 0.2) is 0 Å². The summed E-state index contributed by atoms with van der Waals surface area (Å²) in [6.07, 6.45) is -4.71. The predicted molar refractivity (Wildman–Crippen MR) is 124 cm³/mol. The molecule has 1 aromatic carbocycles. The Morgan fingerprint density at radius 2 is 1.92 bits per heavy atom. The first-order valence-corrected chi connectivity index (χ1v) is 12.7. The number of pyridine rings is 1. The predicted octanol–water partition coefficient (Wildman–Crippen LogP) is 3.75. The maximum Gasteiger partial charge on any atom is 0.433 e. The minimum atomic E-state index is -4.64. The van der Waals surface area contributed by atoms with Crippen molar-refractivity contribution < 1.29 is 40.6 Å². The third-order valence-corrected chi connectivity index (χ3v) is 8.11. The van der Waals surface area contributed by atoms with Crippen LogP contribution in [0.25, 0.3) is 0 Å². The van der Waals surface area contributed by atoms with Crippen LogP contribution in [0.5, 0.6) is 0 Å². The number of aromatic nitrogens is 1. The number of carbonyl (C=O) groups excluding carboxylic acids is 2. The zero-order chi connectivity index (χ0) is 27.9. The van der Waals surface area contributed by atoms with Gasteiger partial charge in [0.2, 0.25) is 5.91 Å². The minimum absolute atomic E-state index is 0.0403. The monoisotopic (exact) mass is 559 g/mol. The molecule has 2 aromatic rings. The normalized spacial score (nSPS) is 20.5. The largest absolute Gasteiger partial charge is 0.433 e. The van der Waals surface area contributed by atoms with Crippen molar-refractivity contribution >= 4 is 22.6 Å². The lowest BCUT2D eigenvalue weighted by molar-refractivity contribution is -0.141. The van der Waals surface area contributed by atoms with Gasteiger partial charge in [-0.15, -0.1) is 10.8 Å². The SMILES string of the molecule is N#CC1CN(S(O)(O)c2cccc(C(=O)N3CC(F)(F)C[C@@H]3C(=O)NCc3ccc(C(F)(F)F)nc3)c2)C1. The van der Waals surface area contributed by atoms with E-state index in [1.54, 1.807) is 0 Å². The summed E-state index contributed by atoms with van der Waals surface area (Å²) in [5, 5.41) is 11.3. The van der Waals surface area contributed by atoms with Crippen molar-refractivity contribution in [3.8, 4) is 6.07 Å². The molecule has 1 atom stereocenters. The molecule has 9 nitrogen and oxygen atoms in total. The van der Waals surface area contributed by atoms with Gasteiger partial charge in [-0.2, -0.15) is 22.7 Å². The van der Waals surface area contributed by atoms with Crippen molar-refractivity contribution in [1.82, 2.24) is 19.5 Å². The number of nitriles is 1. The van der Waals surface area contributed by atoms with Gasteiger partial charge in [0.1, 0.15) is 11.7 Å². The second-order valence-corrected chi connectivity index (χ2v) is 11.0. The average Bonchev–Trinajstić information content (AvgIpc) is 3.16. The maximum atomic E-state index is 14.3. The standard InChI is InChI=1S/C23H22F5N5O4S/c24-22(25)7-18(20(34)31-10-14-4-5-19(30-9-14)23(26,27)28)33(13-22)21(35)16-2-1-3-17(6-16)38(36,37)32-11-15(8-29)12-32/h1-6,9,15,18,36-37H,7,10-13H2,(H,31,34)/t18-/m1/s1. The summed E-state index contributed by atoms with van der Waals surface area (Å²) >= 11 is 0. The molecule has 4 rings (SSSR count). The lowest BCUT2D eigenvalue weighted by Crippen LogP contribution is -2.47. The third-order valence-electron chi connectivity index (χ3n) is 6.20. The van der Waals surface area contributed by atoms with Crippen LogP contribution >= 0.6 is 10.8 Å². The van der Waals surface area contributed by atoms with Gasteiger partial charge in [0.05, 0.1) is 23.4 Å². The molecule has 0 aliphatic carbocycles. The molecule has 204 valence electrons. The van der Waals surface area contributed by atoms with Gasteiger partial charge in [0, 0.05) is 37.8 Å². The topological polar surface area (TPSA) is 130 Å². The van der Waals surface area contributed by atoms with Crippen LogP contribution in [0.2, 0.25) is 0 Å². The van der Waals surface area contributed by atoms with E-state index in [2.05, 4.69) is 10.3 Å². The summed E-state index contributed by atoms with van der Waals surface area (Å²) in [5.74, 6) is -5.61. The summed E-state index contributed by atoms with van der Waals surface area (Å²) in [6.45, 7) is -1.12. The first-order valence-electron chi connectivity index (χ1n) is 11.2. The van der Waals surface area contributed by atoms with E-state index in [0.29, 0.717) is 4.90 Å². The van der Waals surface area contributed by atoms with Crippen LogP contribution in [-0.4, -0.2) is 66.7 Å². The maximum absolute atomic E-state index is 14.3. The van der Waals surface area contributed by atoms with Crippen molar-refractivity contribution in [2.75, 3.05) is 19.6 Å². The van der Waals surface area contributed by atoms with E-state index in [4.69, 9.17) is 5.26 Å². The smallest absolute Gasteiger partial charge is 0.350 e. The fraction of sp³-hybridized carbons (Fsp3) is 0.391.